The summed E-state index contributed by atoms with van der Waals surface area (Å²) in [7, 11) is -3.22. The molecule has 0 atom stereocenters. The van der Waals surface area contributed by atoms with Crippen molar-refractivity contribution in [1.82, 2.24) is 0 Å². The minimum atomic E-state index is -3.22. The molecule has 0 aromatic heterocycles. The number of hydrogen-bond donors (Lipinski definition) is 0. The first-order valence-electron chi connectivity index (χ1n) is 5.69. The van der Waals surface area contributed by atoms with E-state index in [0.29, 0.717) is 11.5 Å². The SMILES string of the molecule is O=NC(=O)Cc1ccc(S(=O)(=O)CC2CC2)cc1. The number of carbonyl (C=O) groups is 1. The summed E-state index contributed by atoms with van der Waals surface area (Å²) in [6, 6.07) is 6.04. The van der Waals surface area contributed by atoms with Crippen molar-refractivity contribution < 1.29 is 13.2 Å². The van der Waals surface area contributed by atoms with Gasteiger partial charge in [-0.05, 0) is 36.5 Å². The number of rotatable bonds is 5. The predicted molar refractivity (Wildman–Crippen MR) is 65.7 cm³/mol. The van der Waals surface area contributed by atoms with Crippen LogP contribution in [0.5, 0.6) is 0 Å². The Hall–Kier alpha value is -1.56. The van der Waals surface area contributed by atoms with Crippen molar-refractivity contribution in [3.63, 3.8) is 0 Å². The molecule has 1 aromatic carbocycles. The fourth-order valence-electron chi connectivity index (χ4n) is 1.71. The lowest BCUT2D eigenvalue weighted by molar-refractivity contribution is -0.117. The van der Waals surface area contributed by atoms with Gasteiger partial charge in [0.1, 0.15) is 0 Å². The molecule has 1 aliphatic carbocycles. The van der Waals surface area contributed by atoms with E-state index in [-0.39, 0.29) is 17.1 Å². The summed E-state index contributed by atoms with van der Waals surface area (Å²) in [5, 5.41) is 2.30. The van der Waals surface area contributed by atoms with Gasteiger partial charge in [-0.2, -0.15) is 0 Å². The lowest BCUT2D eigenvalue weighted by atomic mass is 10.1. The molecule has 0 bridgehead atoms. The third-order valence-corrected chi connectivity index (χ3v) is 4.79. The molecule has 1 saturated carbocycles. The van der Waals surface area contributed by atoms with Crippen molar-refractivity contribution in [2.75, 3.05) is 5.75 Å². The molecule has 0 spiro atoms. The van der Waals surface area contributed by atoms with Crippen molar-refractivity contribution >= 4 is 15.7 Å². The number of amides is 1. The Morgan fingerprint density at radius 2 is 1.83 bits per heavy atom. The van der Waals surface area contributed by atoms with Crippen molar-refractivity contribution in [2.45, 2.75) is 24.2 Å². The summed E-state index contributed by atoms with van der Waals surface area (Å²) in [5.41, 5.74) is 0.588. The first kappa shape index (κ1) is 12.9. The van der Waals surface area contributed by atoms with E-state index in [1.54, 1.807) is 12.1 Å². The van der Waals surface area contributed by atoms with Gasteiger partial charge in [0.25, 0.3) is 5.91 Å². The Labute approximate surface area is 105 Å². The molecule has 0 unspecified atom stereocenters. The maximum atomic E-state index is 11.9. The second-order valence-electron chi connectivity index (χ2n) is 4.53. The van der Waals surface area contributed by atoms with E-state index < -0.39 is 15.7 Å². The van der Waals surface area contributed by atoms with Gasteiger partial charge in [0.2, 0.25) is 0 Å². The highest BCUT2D eigenvalue weighted by Crippen LogP contribution is 2.32. The van der Waals surface area contributed by atoms with E-state index in [1.807, 2.05) is 0 Å². The number of hydrogen-bond acceptors (Lipinski definition) is 4. The largest absolute Gasteiger partial charge is 0.290 e. The lowest BCUT2D eigenvalue weighted by Crippen LogP contribution is -2.08. The molecule has 2 rings (SSSR count). The van der Waals surface area contributed by atoms with Crippen LogP contribution < -0.4 is 0 Å². The van der Waals surface area contributed by atoms with Crippen LogP contribution in [0.15, 0.2) is 34.3 Å². The Kier molecular flexibility index (Phi) is 3.56. The van der Waals surface area contributed by atoms with Crippen LogP contribution in [0.1, 0.15) is 18.4 Å². The summed E-state index contributed by atoms with van der Waals surface area (Å²) in [5.74, 6) is -0.264. The summed E-state index contributed by atoms with van der Waals surface area (Å²) in [4.78, 5) is 21.1. The van der Waals surface area contributed by atoms with Crippen molar-refractivity contribution in [3.05, 3.63) is 34.7 Å². The van der Waals surface area contributed by atoms with Crippen molar-refractivity contribution in [2.24, 2.45) is 11.1 Å². The van der Waals surface area contributed by atoms with Crippen LogP contribution in [-0.4, -0.2) is 20.1 Å². The molecule has 18 heavy (non-hydrogen) atoms. The third kappa shape index (κ3) is 3.22. The minimum Gasteiger partial charge on any atom is -0.269 e. The van der Waals surface area contributed by atoms with E-state index in [4.69, 9.17) is 0 Å². The monoisotopic (exact) mass is 267 g/mol. The minimum absolute atomic E-state index is 0.0908. The Morgan fingerprint density at radius 3 is 2.33 bits per heavy atom. The van der Waals surface area contributed by atoms with Crippen LogP contribution in [0.25, 0.3) is 0 Å². The van der Waals surface area contributed by atoms with Gasteiger partial charge in [-0.3, -0.25) is 4.79 Å². The van der Waals surface area contributed by atoms with E-state index in [1.165, 1.54) is 12.1 Å². The molecular weight excluding hydrogens is 254 g/mol. The second kappa shape index (κ2) is 4.97. The molecule has 0 aliphatic heterocycles. The summed E-state index contributed by atoms with van der Waals surface area (Å²) < 4.78 is 23.9. The van der Waals surface area contributed by atoms with E-state index >= 15 is 0 Å². The van der Waals surface area contributed by atoms with Crippen LogP contribution in [0.3, 0.4) is 0 Å². The highest BCUT2D eigenvalue weighted by molar-refractivity contribution is 7.91. The predicted octanol–water partition coefficient (Wildman–Crippen LogP) is 1.71. The average Bonchev–Trinajstić information content (AvgIpc) is 3.13. The highest BCUT2D eigenvalue weighted by atomic mass is 32.2. The Balaban J connectivity index is 2.11. The zero-order valence-corrected chi connectivity index (χ0v) is 10.5. The molecule has 6 heteroatoms. The van der Waals surface area contributed by atoms with Gasteiger partial charge in [0.05, 0.1) is 17.1 Å². The normalized spacial score (nSPS) is 15.3. The van der Waals surface area contributed by atoms with Gasteiger partial charge >= 0.3 is 0 Å². The Morgan fingerprint density at radius 1 is 1.22 bits per heavy atom. The van der Waals surface area contributed by atoms with Gasteiger partial charge in [-0.1, -0.05) is 12.1 Å². The zero-order chi connectivity index (χ0) is 13.2. The first-order chi connectivity index (χ1) is 8.51. The van der Waals surface area contributed by atoms with Crippen LogP contribution >= 0.6 is 0 Å². The fraction of sp³-hybridized carbons (Fsp3) is 0.417. The molecule has 1 amide bonds. The number of sulfone groups is 1. The van der Waals surface area contributed by atoms with Gasteiger partial charge in [0.15, 0.2) is 9.84 Å². The van der Waals surface area contributed by atoms with Crippen molar-refractivity contribution in [1.29, 1.82) is 0 Å². The van der Waals surface area contributed by atoms with Gasteiger partial charge in [0, 0.05) is 5.18 Å². The van der Waals surface area contributed by atoms with E-state index in [9.17, 15) is 18.1 Å². The topological polar surface area (TPSA) is 80.6 Å². The van der Waals surface area contributed by atoms with Gasteiger partial charge in [-0.25, -0.2) is 8.42 Å². The molecule has 0 heterocycles. The van der Waals surface area contributed by atoms with Gasteiger partial charge < -0.3 is 0 Å². The zero-order valence-electron chi connectivity index (χ0n) is 9.70. The van der Waals surface area contributed by atoms with E-state index in [0.717, 1.165) is 12.8 Å². The molecule has 1 fully saturated rings. The fourth-order valence-corrected chi connectivity index (χ4v) is 3.41. The number of carbonyl (C=O) groups excluding carboxylic acids is 1. The molecule has 96 valence electrons. The van der Waals surface area contributed by atoms with Gasteiger partial charge in [-0.15, -0.1) is 4.91 Å². The third-order valence-electron chi connectivity index (χ3n) is 2.89. The standard InChI is InChI=1S/C12H13NO4S/c14-12(13-15)7-9-3-5-11(6-4-9)18(16,17)8-10-1-2-10/h3-6,10H,1-2,7-8H2. The quantitative estimate of drug-likeness (QED) is 0.760. The summed E-state index contributed by atoms with van der Waals surface area (Å²) in [6.07, 6.45) is 1.88. The summed E-state index contributed by atoms with van der Waals surface area (Å²) in [6.45, 7) is 0. The lowest BCUT2D eigenvalue weighted by Gasteiger charge is -2.04. The first-order valence-corrected chi connectivity index (χ1v) is 7.34. The highest BCUT2D eigenvalue weighted by Gasteiger charge is 2.28. The number of nitrogens with zero attached hydrogens (tertiary/aromatic N) is 1. The van der Waals surface area contributed by atoms with Crippen LogP contribution in [0, 0.1) is 10.8 Å². The summed E-state index contributed by atoms with van der Waals surface area (Å²) >= 11 is 0. The number of nitroso groups, excluding NO2 is 1. The molecule has 5 nitrogen and oxygen atoms in total. The second-order valence-corrected chi connectivity index (χ2v) is 6.56. The van der Waals surface area contributed by atoms with Crippen LogP contribution in [-0.2, 0) is 21.1 Å². The molecule has 0 radical (unpaired) electrons. The van der Waals surface area contributed by atoms with E-state index in [2.05, 4.69) is 5.18 Å². The molecular formula is C12H13NO4S. The van der Waals surface area contributed by atoms with Crippen molar-refractivity contribution in [3.8, 4) is 0 Å². The molecule has 1 aromatic rings. The van der Waals surface area contributed by atoms with Crippen LogP contribution in [0.4, 0.5) is 0 Å². The maximum absolute atomic E-state index is 11.9. The maximum Gasteiger partial charge on any atom is 0.290 e. The Bertz CT molecular complexity index is 558. The van der Waals surface area contributed by atoms with Crippen LogP contribution in [0.2, 0.25) is 0 Å². The molecule has 1 aliphatic rings. The number of benzene rings is 1. The molecule has 0 saturated heterocycles. The average molecular weight is 267 g/mol. The molecule has 0 N–H and O–H groups in total. The smallest absolute Gasteiger partial charge is 0.269 e.